The molecule has 68 valence electrons. The minimum absolute atomic E-state index is 0.368. The molecule has 0 spiro atoms. The molecule has 3 N–H and O–H groups in total. The first-order chi connectivity index (χ1) is 5.63. The Balaban J connectivity index is 2.77. The van der Waals surface area contributed by atoms with E-state index in [1.54, 1.807) is 0 Å². The molecule has 1 heterocycles. The molecule has 12 heavy (non-hydrogen) atoms. The van der Waals surface area contributed by atoms with Gasteiger partial charge in [0.05, 0.1) is 11.9 Å². The third-order valence-electron chi connectivity index (χ3n) is 1.54. The van der Waals surface area contributed by atoms with Gasteiger partial charge in [0.15, 0.2) is 5.82 Å². The number of hydrogen-bond donors (Lipinski definition) is 2. The second-order valence-corrected chi connectivity index (χ2v) is 3.09. The first-order valence-corrected chi connectivity index (χ1v) is 4.23. The Kier molecular flexibility index (Phi) is 2.58. The van der Waals surface area contributed by atoms with Gasteiger partial charge < -0.3 is 11.1 Å². The van der Waals surface area contributed by atoms with E-state index in [4.69, 9.17) is 5.73 Å². The van der Waals surface area contributed by atoms with E-state index in [-0.39, 0.29) is 0 Å². The molecule has 1 aromatic heterocycles. The summed E-state index contributed by atoms with van der Waals surface area (Å²) in [6, 6.07) is 0.368. The van der Waals surface area contributed by atoms with E-state index in [0.29, 0.717) is 11.7 Å². The van der Waals surface area contributed by atoms with Crippen molar-refractivity contribution in [3.63, 3.8) is 0 Å². The predicted octanol–water partition coefficient (Wildman–Crippen LogP) is 1.31. The molecule has 1 aromatic rings. The molecular formula is C8H16N4. The normalized spacial score (nSPS) is 10.7. The smallest absolute Gasteiger partial charge is 0.171 e. The fraction of sp³-hybridized carbons (Fsp3) is 0.625. The zero-order valence-electron chi connectivity index (χ0n) is 7.83. The molecule has 0 saturated carbocycles. The average Bonchev–Trinajstić information content (AvgIpc) is 2.31. The molecule has 0 saturated heterocycles. The number of aromatic nitrogens is 2. The lowest BCUT2D eigenvalue weighted by molar-refractivity contribution is 0.659. The van der Waals surface area contributed by atoms with Crippen LogP contribution in [-0.2, 0) is 6.54 Å². The van der Waals surface area contributed by atoms with E-state index in [1.807, 2.05) is 17.8 Å². The Bertz CT molecular complexity index is 252. The van der Waals surface area contributed by atoms with Gasteiger partial charge in [-0.05, 0) is 20.8 Å². The van der Waals surface area contributed by atoms with Crippen molar-refractivity contribution in [2.45, 2.75) is 33.4 Å². The maximum Gasteiger partial charge on any atom is 0.171 e. The number of nitrogen functional groups attached to an aromatic ring is 1. The molecule has 0 aliphatic carbocycles. The van der Waals surface area contributed by atoms with E-state index in [0.717, 1.165) is 12.4 Å². The number of hydrogen-bond acceptors (Lipinski definition) is 3. The highest BCUT2D eigenvalue weighted by Gasteiger charge is 2.04. The van der Waals surface area contributed by atoms with E-state index < -0.39 is 0 Å². The number of anilines is 2. The van der Waals surface area contributed by atoms with Crippen LogP contribution >= 0.6 is 0 Å². The van der Waals surface area contributed by atoms with Gasteiger partial charge in [0.2, 0.25) is 0 Å². The zero-order chi connectivity index (χ0) is 9.14. The van der Waals surface area contributed by atoms with Crippen LogP contribution < -0.4 is 11.1 Å². The lowest BCUT2D eigenvalue weighted by Crippen LogP contribution is -2.11. The first-order valence-electron chi connectivity index (χ1n) is 4.23. The van der Waals surface area contributed by atoms with Crippen LogP contribution in [0.4, 0.5) is 11.5 Å². The van der Waals surface area contributed by atoms with Crippen LogP contribution in [0.25, 0.3) is 0 Å². The summed E-state index contributed by atoms with van der Waals surface area (Å²) < 4.78 is 1.82. The Morgan fingerprint density at radius 2 is 2.33 bits per heavy atom. The van der Waals surface area contributed by atoms with Crippen molar-refractivity contribution in [1.82, 2.24) is 9.78 Å². The maximum absolute atomic E-state index is 5.72. The van der Waals surface area contributed by atoms with Crippen molar-refractivity contribution in [2.24, 2.45) is 0 Å². The average molecular weight is 168 g/mol. The van der Waals surface area contributed by atoms with Gasteiger partial charge in [0.25, 0.3) is 0 Å². The number of aryl methyl sites for hydroxylation is 1. The molecule has 0 amide bonds. The SMILES string of the molecule is CCn1cc(N)c(NC(C)C)n1. The van der Waals surface area contributed by atoms with E-state index in [9.17, 15) is 0 Å². The van der Waals surface area contributed by atoms with Crippen LogP contribution in [0.5, 0.6) is 0 Å². The number of rotatable bonds is 3. The lowest BCUT2D eigenvalue weighted by Gasteiger charge is -2.06. The molecule has 0 unspecified atom stereocenters. The summed E-state index contributed by atoms with van der Waals surface area (Å²) in [6.45, 7) is 7.00. The highest BCUT2D eigenvalue weighted by molar-refractivity contribution is 5.60. The van der Waals surface area contributed by atoms with Gasteiger partial charge in [-0.2, -0.15) is 5.10 Å². The summed E-state index contributed by atoms with van der Waals surface area (Å²) in [6.07, 6.45) is 1.84. The lowest BCUT2D eigenvalue weighted by atomic mass is 10.4. The van der Waals surface area contributed by atoms with Crippen molar-refractivity contribution in [3.05, 3.63) is 6.20 Å². The van der Waals surface area contributed by atoms with E-state index >= 15 is 0 Å². The molecule has 4 heteroatoms. The summed E-state index contributed by atoms with van der Waals surface area (Å²) in [5.74, 6) is 0.784. The second kappa shape index (κ2) is 3.47. The molecule has 0 radical (unpaired) electrons. The van der Waals surface area contributed by atoms with Crippen LogP contribution in [0.15, 0.2) is 6.20 Å². The fourth-order valence-electron chi connectivity index (χ4n) is 0.984. The Morgan fingerprint density at radius 1 is 1.67 bits per heavy atom. The molecule has 0 aliphatic rings. The van der Waals surface area contributed by atoms with E-state index in [1.165, 1.54) is 0 Å². The van der Waals surface area contributed by atoms with Gasteiger partial charge in [-0.1, -0.05) is 0 Å². The van der Waals surface area contributed by atoms with Crippen molar-refractivity contribution in [3.8, 4) is 0 Å². The molecule has 1 rings (SSSR count). The first kappa shape index (κ1) is 8.90. The van der Waals surface area contributed by atoms with Crippen LogP contribution in [0.3, 0.4) is 0 Å². The van der Waals surface area contributed by atoms with Gasteiger partial charge >= 0.3 is 0 Å². The highest BCUT2D eigenvalue weighted by Crippen LogP contribution is 2.15. The largest absolute Gasteiger partial charge is 0.394 e. The van der Waals surface area contributed by atoms with Gasteiger partial charge in [-0.3, -0.25) is 4.68 Å². The van der Waals surface area contributed by atoms with Gasteiger partial charge in [-0.15, -0.1) is 0 Å². The Hall–Kier alpha value is -1.19. The summed E-state index contributed by atoms with van der Waals surface area (Å²) in [5, 5.41) is 7.42. The fourth-order valence-corrected chi connectivity index (χ4v) is 0.984. The number of nitrogens with two attached hydrogens (primary N) is 1. The van der Waals surface area contributed by atoms with Gasteiger partial charge in [0.1, 0.15) is 0 Å². The topological polar surface area (TPSA) is 55.9 Å². The standard InChI is InChI=1S/C8H16N4/c1-4-12-5-7(9)8(11-12)10-6(2)3/h5-6H,4,9H2,1-3H3,(H,10,11). The number of nitrogens with one attached hydrogen (secondary N) is 1. The highest BCUT2D eigenvalue weighted by atomic mass is 15.3. The monoisotopic (exact) mass is 168 g/mol. The molecule has 0 fully saturated rings. The van der Waals surface area contributed by atoms with Crippen molar-refractivity contribution < 1.29 is 0 Å². The molecule has 0 bridgehead atoms. The summed E-state index contributed by atoms with van der Waals surface area (Å²) >= 11 is 0. The maximum atomic E-state index is 5.72. The van der Waals surface area contributed by atoms with Crippen molar-refractivity contribution in [1.29, 1.82) is 0 Å². The molecule has 4 nitrogen and oxygen atoms in total. The van der Waals surface area contributed by atoms with Crippen LogP contribution in [0.1, 0.15) is 20.8 Å². The summed E-state index contributed by atoms with van der Waals surface area (Å²) in [4.78, 5) is 0. The summed E-state index contributed by atoms with van der Waals surface area (Å²) in [5.41, 5.74) is 6.43. The number of nitrogens with zero attached hydrogens (tertiary/aromatic N) is 2. The van der Waals surface area contributed by atoms with Gasteiger partial charge in [0, 0.05) is 12.6 Å². The third kappa shape index (κ3) is 1.90. The van der Waals surface area contributed by atoms with Crippen LogP contribution in [-0.4, -0.2) is 15.8 Å². The third-order valence-corrected chi connectivity index (χ3v) is 1.54. The Labute approximate surface area is 72.8 Å². The molecule has 0 atom stereocenters. The van der Waals surface area contributed by atoms with Crippen molar-refractivity contribution in [2.75, 3.05) is 11.1 Å². The quantitative estimate of drug-likeness (QED) is 0.715. The molecule has 0 aromatic carbocycles. The zero-order valence-corrected chi connectivity index (χ0v) is 7.83. The van der Waals surface area contributed by atoms with Crippen LogP contribution in [0.2, 0.25) is 0 Å². The predicted molar refractivity (Wildman–Crippen MR) is 51.1 cm³/mol. The van der Waals surface area contributed by atoms with Crippen LogP contribution in [0, 0.1) is 0 Å². The minimum Gasteiger partial charge on any atom is -0.394 e. The summed E-state index contributed by atoms with van der Waals surface area (Å²) in [7, 11) is 0. The minimum atomic E-state index is 0.368. The van der Waals surface area contributed by atoms with Crippen molar-refractivity contribution >= 4 is 11.5 Å². The second-order valence-electron chi connectivity index (χ2n) is 3.09. The molecular weight excluding hydrogens is 152 g/mol. The van der Waals surface area contributed by atoms with E-state index in [2.05, 4.69) is 24.3 Å². The Morgan fingerprint density at radius 3 is 2.75 bits per heavy atom. The molecule has 0 aliphatic heterocycles. The van der Waals surface area contributed by atoms with Gasteiger partial charge in [-0.25, -0.2) is 0 Å².